The highest BCUT2D eigenvalue weighted by Crippen LogP contribution is 2.22. The van der Waals surface area contributed by atoms with E-state index in [0.29, 0.717) is 29.1 Å². The van der Waals surface area contributed by atoms with Crippen LogP contribution in [-0.4, -0.2) is 17.5 Å². The highest BCUT2D eigenvalue weighted by molar-refractivity contribution is 5.90. The normalized spacial score (nSPS) is 11.4. The third-order valence-electron chi connectivity index (χ3n) is 3.31. The van der Waals surface area contributed by atoms with Crippen LogP contribution in [0.3, 0.4) is 0 Å². The van der Waals surface area contributed by atoms with Crippen molar-refractivity contribution in [2.45, 2.75) is 46.1 Å². The average Bonchev–Trinajstić information content (AvgIpc) is 2.60. The van der Waals surface area contributed by atoms with E-state index >= 15 is 0 Å². The summed E-state index contributed by atoms with van der Waals surface area (Å²) >= 11 is 0. The van der Waals surface area contributed by atoms with Crippen molar-refractivity contribution in [3.63, 3.8) is 0 Å². The first kappa shape index (κ1) is 20.3. The molecule has 2 aromatic carbocycles. The molecule has 0 unspecified atom stereocenters. The van der Waals surface area contributed by atoms with E-state index in [1.54, 1.807) is 48.5 Å². The minimum atomic E-state index is -0.535. The van der Waals surface area contributed by atoms with E-state index in [9.17, 15) is 9.59 Å². The van der Waals surface area contributed by atoms with Gasteiger partial charge in [-0.15, -0.1) is 0 Å². The van der Waals surface area contributed by atoms with Crippen LogP contribution >= 0.6 is 0 Å². The lowest BCUT2D eigenvalue weighted by molar-refractivity contribution is -0.134. The van der Waals surface area contributed by atoms with E-state index in [0.717, 1.165) is 6.42 Å². The Morgan fingerprint density at radius 2 is 1.41 bits per heavy atom. The molecule has 0 heterocycles. The van der Waals surface area contributed by atoms with Crippen LogP contribution in [0, 0.1) is 0 Å². The molecule has 0 amide bonds. The molecule has 0 spiro atoms. The summed E-state index contributed by atoms with van der Waals surface area (Å²) in [5.41, 5.74) is 1.16. The second-order valence-electron chi connectivity index (χ2n) is 6.97. The predicted octanol–water partition coefficient (Wildman–Crippen LogP) is 5.76. The molecule has 0 atom stereocenters. The number of hydrogen-bond donors (Lipinski definition) is 0. The summed E-state index contributed by atoms with van der Waals surface area (Å²) in [6.45, 7) is 7.39. The van der Waals surface area contributed by atoms with Gasteiger partial charge in [0.1, 0.15) is 11.4 Å². The molecule has 0 bridgehead atoms. The molecular weight excluding hydrogens is 344 g/mol. The van der Waals surface area contributed by atoms with Crippen molar-refractivity contribution in [1.29, 1.82) is 0 Å². The monoisotopic (exact) mass is 368 g/mol. The molecule has 0 saturated heterocycles. The van der Waals surface area contributed by atoms with Crippen LogP contribution in [0.25, 0.3) is 0 Å². The van der Waals surface area contributed by atoms with E-state index in [-0.39, 0.29) is 11.9 Å². The molecule has 0 aliphatic carbocycles. The number of hydrogen-bond acceptors (Lipinski definition) is 6. The van der Waals surface area contributed by atoms with Crippen molar-refractivity contribution in [2.24, 2.45) is 10.2 Å². The number of ether oxygens (including phenoxy) is 2. The fraction of sp³-hybridized carbons (Fsp3) is 0.333. The van der Waals surface area contributed by atoms with Gasteiger partial charge in [-0.05, 0) is 75.7 Å². The minimum Gasteiger partial charge on any atom is -0.456 e. The SMILES string of the molecule is CCCC(=O)Oc1ccc(N=Nc2ccc(C(=O)OC(C)(C)C)cc2)cc1. The number of esters is 2. The van der Waals surface area contributed by atoms with Crippen molar-refractivity contribution in [3.8, 4) is 5.75 Å². The second-order valence-corrected chi connectivity index (χ2v) is 6.97. The second kappa shape index (κ2) is 9.07. The number of nitrogens with zero attached hydrogens (tertiary/aromatic N) is 2. The Morgan fingerprint density at radius 1 is 0.889 bits per heavy atom. The zero-order valence-electron chi connectivity index (χ0n) is 16.1. The summed E-state index contributed by atoms with van der Waals surface area (Å²) in [7, 11) is 0. The summed E-state index contributed by atoms with van der Waals surface area (Å²) in [6.07, 6.45) is 1.14. The van der Waals surface area contributed by atoms with Gasteiger partial charge in [0.25, 0.3) is 0 Å². The van der Waals surface area contributed by atoms with E-state index in [1.165, 1.54) is 0 Å². The Labute approximate surface area is 159 Å². The van der Waals surface area contributed by atoms with Crippen molar-refractivity contribution < 1.29 is 19.1 Å². The van der Waals surface area contributed by atoms with Crippen LogP contribution in [0.4, 0.5) is 11.4 Å². The van der Waals surface area contributed by atoms with Gasteiger partial charge in [-0.2, -0.15) is 10.2 Å². The maximum Gasteiger partial charge on any atom is 0.338 e. The summed E-state index contributed by atoms with van der Waals surface area (Å²) in [6, 6.07) is 13.5. The Balaban J connectivity index is 1.97. The van der Waals surface area contributed by atoms with Gasteiger partial charge >= 0.3 is 11.9 Å². The molecular formula is C21H24N2O4. The van der Waals surface area contributed by atoms with Crippen molar-refractivity contribution in [2.75, 3.05) is 0 Å². The zero-order chi connectivity index (χ0) is 19.9. The highest BCUT2D eigenvalue weighted by atomic mass is 16.6. The molecule has 0 N–H and O–H groups in total. The van der Waals surface area contributed by atoms with E-state index < -0.39 is 5.60 Å². The Hall–Kier alpha value is -3.02. The molecule has 0 aliphatic rings. The van der Waals surface area contributed by atoms with Crippen LogP contribution in [0.15, 0.2) is 58.8 Å². The highest BCUT2D eigenvalue weighted by Gasteiger charge is 2.17. The molecule has 0 saturated carbocycles. The third kappa shape index (κ3) is 7.01. The van der Waals surface area contributed by atoms with Gasteiger partial charge < -0.3 is 9.47 Å². The van der Waals surface area contributed by atoms with Crippen molar-refractivity contribution in [3.05, 3.63) is 54.1 Å². The maximum absolute atomic E-state index is 12.0. The molecule has 2 rings (SSSR count). The summed E-state index contributed by atoms with van der Waals surface area (Å²) in [4.78, 5) is 23.5. The Kier molecular flexibility index (Phi) is 6.82. The number of rotatable bonds is 6. The zero-order valence-corrected chi connectivity index (χ0v) is 16.1. The van der Waals surface area contributed by atoms with Gasteiger partial charge in [0.15, 0.2) is 0 Å². The van der Waals surface area contributed by atoms with Gasteiger partial charge in [0.2, 0.25) is 0 Å². The van der Waals surface area contributed by atoms with E-state index in [1.807, 2.05) is 27.7 Å². The fourth-order valence-electron chi connectivity index (χ4n) is 2.08. The molecule has 6 nitrogen and oxygen atoms in total. The molecule has 142 valence electrons. The maximum atomic E-state index is 12.0. The van der Waals surface area contributed by atoms with E-state index in [2.05, 4.69) is 10.2 Å². The van der Waals surface area contributed by atoms with Gasteiger partial charge in [0.05, 0.1) is 16.9 Å². The van der Waals surface area contributed by atoms with Gasteiger partial charge in [-0.25, -0.2) is 4.79 Å². The van der Waals surface area contributed by atoms with Gasteiger partial charge in [0, 0.05) is 6.42 Å². The minimum absolute atomic E-state index is 0.253. The number of azo groups is 1. The van der Waals surface area contributed by atoms with Crippen LogP contribution in [0.2, 0.25) is 0 Å². The smallest absolute Gasteiger partial charge is 0.338 e. The van der Waals surface area contributed by atoms with Crippen molar-refractivity contribution >= 4 is 23.3 Å². The molecule has 6 heteroatoms. The lowest BCUT2D eigenvalue weighted by atomic mass is 10.1. The Bertz CT molecular complexity index is 804. The number of carbonyl (C=O) groups is 2. The average molecular weight is 368 g/mol. The fourth-order valence-corrected chi connectivity index (χ4v) is 2.08. The molecule has 0 radical (unpaired) electrons. The van der Waals surface area contributed by atoms with Gasteiger partial charge in [-0.1, -0.05) is 6.92 Å². The van der Waals surface area contributed by atoms with Crippen molar-refractivity contribution in [1.82, 2.24) is 0 Å². The molecule has 0 aromatic heterocycles. The largest absolute Gasteiger partial charge is 0.456 e. The molecule has 0 aliphatic heterocycles. The van der Waals surface area contributed by atoms with Crippen LogP contribution in [0.5, 0.6) is 5.75 Å². The molecule has 0 fully saturated rings. The summed E-state index contributed by atoms with van der Waals surface area (Å²) < 4.78 is 10.5. The number of carbonyl (C=O) groups excluding carboxylic acids is 2. The topological polar surface area (TPSA) is 77.3 Å². The quantitative estimate of drug-likeness (QED) is 0.369. The first-order valence-electron chi connectivity index (χ1n) is 8.83. The first-order valence-corrected chi connectivity index (χ1v) is 8.83. The lowest BCUT2D eigenvalue weighted by Crippen LogP contribution is -2.23. The molecule has 2 aromatic rings. The lowest BCUT2D eigenvalue weighted by Gasteiger charge is -2.19. The van der Waals surface area contributed by atoms with E-state index in [4.69, 9.17) is 9.47 Å². The first-order chi connectivity index (χ1) is 12.8. The van der Waals surface area contributed by atoms with Crippen LogP contribution < -0.4 is 4.74 Å². The summed E-state index contributed by atoms with van der Waals surface area (Å²) in [5.74, 6) is -0.148. The third-order valence-corrected chi connectivity index (χ3v) is 3.31. The predicted molar refractivity (Wildman–Crippen MR) is 103 cm³/mol. The van der Waals surface area contributed by atoms with Crippen LogP contribution in [-0.2, 0) is 9.53 Å². The number of benzene rings is 2. The van der Waals surface area contributed by atoms with Gasteiger partial charge in [-0.3, -0.25) is 4.79 Å². The van der Waals surface area contributed by atoms with Crippen LogP contribution in [0.1, 0.15) is 50.9 Å². The standard InChI is InChI=1S/C21H24N2O4/c1-5-6-19(24)26-18-13-11-17(12-14-18)23-22-16-9-7-15(8-10-16)20(25)27-21(2,3)4/h7-14H,5-6H2,1-4H3. The summed E-state index contributed by atoms with van der Waals surface area (Å²) in [5, 5.41) is 8.27. The Morgan fingerprint density at radius 3 is 1.89 bits per heavy atom. The molecule has 27 heavy (non-hydrogen) atoms.